The zero-order valence-electron chi connectivity index (χ0n) is 13.3. The number of benzene rings is 1. The smallest absolute Gasteiger partial charge is 0.411 e. The summed E-state index contributed by atoms with van der Waals surface area (Å²) in [5.41, 5.74) is 0.250. The molecule has 1 aromatic carbocycles. The van der Waals surface area contributed by atoms with Crippen molar-refractivity contribution in [3.05, 3.63) is 18.2 Å². The van der Waals surface area contributed by atoms with E-state index < -0.39 is 16.1 Å². The number of hydrogen-bond donors (Lipinski definition) is 2. The van der Waals surface area contributed by atoms with Gasteiger partial charge in [-0.2, -0.15) is 0 Å². The second-order valence-corrected chi connectivity index (χ2v) is 7.02. The monoisotopic (exact) mass is 342 g/mol. The van der Waals surface area contributed by atoms with E-state index in [1.54, 1.807) is 6.92 Å². The molecule has 0 atom stereocenters. The maximum absolute atomic E-state index is 12.5. The Morgan fingerprint density at radius 2 is 2.00 bits per heavy atom. The highest BCUT2D eigenvalue weighted by molar-refractivity contribution is 7.89. The zero-order valence-corrected chi connectivity index (χ0v) is 14.1. The van der Waals surface area contributed by atoms with Crippen molar-refractivity contribution in [1.82, 2.24) is 4.72 Å². The molecule has 0 heterocycles. The van der Waals surface area contributed by atoms with E-state index in [0.29, 0.717) is 5.75 Å². The van der Waals surface area contributed by atoms with Crippen LogP contribution in [-0.4, -0.2) is 34.3 Å². The van der Waals surface area contributed by atoms with Crippen LogP contribution in [0.5, 0.6) is 5.75 Å². The van der Waals surface area contributed by atoms with Crippen molar-refractivity contribution in [2.45, 2.75) is 43.5 Å². The number of amides is 1. The predicted octanol–water partition coefficient (Wildman–Crippen LogP) is 2.48. The van der Waals surface area contributed by atoms with Crippen LogP contribution >= 0.6 is 0 Å². The van der Waals surface area contributed by atoms with E-state index in [2.05, 4.69) is 10.0 Å². The molecule has 1 fully saturated rings. The number of ether oxygens (including phenoxy) is 2. The van der Waals surface area contributed by atoms with Crippen LogP contribution in [0, 0.1) is 0 Å². The summed E-state index contributed by atoms with van der Waals surface area (Å²) in [5, 5.41) is 2.49. The average Bonchev–Trinajstić information content (AvgIpc) is 2.99. The molecule has 1 aliphatic carbocycles. The topological polar surface area (TPSA) is 93.7 Å². The normalized spacial score (nSPS) is 15.4. The van der Waals surface area contributed by atoms with Gasteiger partial charge in [0.05, 0.1) is 24.3 Å². The maximum Gasteiger partial charge on any atom is 0.411 e. The Hall–Kier alpha value is -1.80. The second kappa shape index (κ2) is 7.65. The summed E-state index contributed by atoms with van der Waals surface area (Å²) >= 11 is 0. The van der Waals surface area contributed by atoms with Crippen LogP contribution in [0.25, 0.3) is 0 Å². The molecule has 8 heteroatoms. The van der Waals surface area contributed by atoms with Crippen LogP contribution in [0.2, 0.25) is 0 Å². The fourth-order valence-electron chi connectivity index (χ4n) is 2.56. The third-order valence-electron chi connectivity index (χ3n) is 3.67. The summed E-state index contributed by atoms with van der Waals surface area (Å²) in [6.07, 6.45) is 3.10. The Labute approximate surface area is 136 Å². The first-order valence-electron chi connectivity index (χ1n) is 7.60. The molecule has 1 amide bonds. The molecule has 1 aromatic rings. The van der Waals surface area contributed by atoms with Gasteiger partial charge in [0.2, 0.25) is 10.0 Å². The Morgan fingerprint density at radius 3 is 2.61 bits per heavy atom. The predicted molar refractivity (Wildman–Crippen MR) is 86.2 cm³/mol. The molecule has 23 heavy (non-hydrogen) atoms. The lowest BCUT2D eigenvalue weighted by atomic mass is 10.3. The largest absolute Gasteiger partial charge is 0.495 e. The van der Waals surface area contributed by atoms with E-state index in [1.807, 2.05) is 0 Å². The maximum atomic E-state index is 12.5. The van der Waals surface area contributed by atoms with Crippen molar-refractivity contribution in [2.24, 2.45) is 0 Å². The lowest BCUT2D eigenvalue weighted by Crippen LogP contribution is -2.32. The summed E-state index contributed by atoms with van der Waals surface area (Å²) in [5.74, 6) is 0.359. The molecule has 0 unspecified atom stereocenters. The van der Waals surface area contributed by atoms with Crippen LogP contribution in [0.1, 0.15) is 32.6 Å². The minimum atomic E-state index is -3.64. The van der Waals surface area contributed by atoms with Crippen molar-refractivity contribution < 1.29 is 22.7 Å². The molecule has 0 aromatic heterocycles. The average molecular weight is 342 g/mol. The number of methoxy groups -OCH3 is 1. The number of carbonyl (C=O) groups is 1. The van der Waals surface area contributed by atoms with Gasteiger partial charge in [-0.15, -0.1) is 0 Å². The lowest BCUT2D eigenvalue weighted by Gasteiger charge is -2.15. The van der Waals surface area contributed by atoms with E-state index in [4.69, 9.17) is 9.47 Å². The van der Waals surface area contributed by atoms with Crippen molar-refractivity contribution in [2.75, 3.05) is 19.0 Å². The molecule has 7 nitrogen and oxygen atoms in total. The molecule has 0 saturated heterocycles. The molecule has 1 saturated carbocycles. The SMILES string of the molecule is CCOC(=O)Nc1cc(S(=O)(=O)NC2CCCC2)ccc1OC. The van der Waals surface area contributed by atoms with Gasteiger partial charge in [0.1, 0.15) is 5.75 Å². The van der Waals surface area contributed by atoms with Gasteiger partial charge in [-0.25, -0.2) is 17.9 Å². The van der Waals surface area contributed by atoms with E-state index in [-0.39, 0.29) is 23.2 Å². The van der Waals surface area contributed by atoms with E-state index in [9.17, 15) is 13.2 Å². The Bertz CT molecular complexity index is 654. The van der Waals surface area contributed by atoms with E-state index in [1.165, 1.54) is 25.3 Å². The number of hydrogen-bond acceptors (Lipinski definition) is 5. The van der Waals surface area contributed by atoms with Gasteiger partial charge in [0.25, 0.3) is 0 Å². The number of carbonyl (C=O) groups excluding carboxylic acids is 1. The first kappa shape index (κ1) is 17.6. The molecular formula is C15H22N2O5S. The molecule has 1 aliphatic rings. The van der Waals surface area contributed by atoms with Crippen LogP contribution < -0.4 is 14.8 Å². The number of nitrogens with one attached hydrogen (secondary N) is 2. The second-order valence-electron chi connectivity index (χ2n) is 5.31. The van der Waals surface area contributed by atoms with Crippen molar-refractivity contribution in [1.29, 1.82) is 0 Å². The van der Waals surface area contributed by atoms with Crippen molar-refractivity contribution >= 4 is 21.8 Å². The minimum absolute atomic E-state index is 0.0245. The summed E-state index contributed by atoms with van der Waals surface area (Å²) in [4.78, 5) is 11.6. The van der Waals surface area contributed by atoms with Crippen LogP contribution in [0.4, 0.5) is 10.5 Å². The molecule has 0 bridgehead atoms. The first-order chi connectivity index (χ1) is 11.0. The first-order valence-corrected chi connectivity index (χ1v) is 9.08. The van der Waals surface area contributed by atoms with Gasteiger partial charge >= 0.3 is 6.09 Å². The molecule has 0 radical (unpaired) electrons. The fraction of sp³-hybridized carbons (Fsp3) is 0.533. The Morgan fingerprint density at radius 1 is 1.30 bits per heavy atom. The third kappa shape index (κ3) is 4.59. The number of rotatable bonds is 6. The van der Waals surface area contributed by atoms with Crippen molar-refractivity contribution in [3.63, 3.8) is 0 Å². The fourth-order valence-corrected chi connectivity index (χ4v) is 3.89. The van der Waals surface area contributed by atoms with E-state index in [0.717, 1.165) is 25.7 Å². The molecule has 0 aliphatic heterocycles. The Kier molecular flexibility index (Phi) is 5.84. The lowest BCUT2D eigenvalue weighted by molar-refractivity contribution is 0.168. The van der Waals surface area contributed by atoms with Gasteiger partial charge in [0.15, 0.2) is 0 Å². The summed E-state index contributed by atoms with van der Waals surface area (Å²) in [6.45, 7) is 1.90. The standard InChI is InChI=1S/C15H22N2O5S/c1-3-22-15(18)16-13-10-12(8-9-14(13)21-2)23(19,20)17-11-6-4-5-7-11/h8-11,17H,3-7H2,1-2H3,(H,16,18). The van der Waals surface area contributed by atoms with Crippen LogP contribution in [0.15, 0.2) is 23.1 Å². The highest BCUT2D eigenvalue weighted by Crippen LogP contribution is 2.28. The summed E-state index contributed by atoms with van der Waals surface area (Å²) in [6, 6.07) is 4.30. The van der Waals surface area contributed by atoms with Crippen LogP contribution in [0.3, 0.4) is 0 Å². The summed E-state index contributed by atoms with van der Waals surface area (Å²) in [7, 11) is -2.20. The quantitative estimate of drug-likeness (QED) is 0.828. The molecule has 128 valence electrons. The van der Waals surface area contributed by atoms with E-state index >= 15 is 0 Å². The van der Waals surface area contributed by atoms with Crippen molar-refractivity contribution in [3.8, 4) is 5.75 Å². The van der Waals surface area contributed by atoms with Gasteiger partial charge in [-0.05, 0) is 38.0 Å². The van der Waals surface area contributed by atoms with Crippen LogP contribution in [-0.2, 0) is 14.8 Å². The number of sulfonamides is 1. The van der Waals surface area contributed by atoms with Gasteiger partial charge < -0.3 is 9.47 Å². The summed E-state index contributed by atoms with van der Waals surface area (Å²) < 4.78 is 37.6. The van der Waals surface area contributed by atoms with Gasteiger partial charge in [-0.3, -0.25) is 5.32 Å². The molecule has 2 rings (SSSR count). The third-order valence-corrected chi connectivity index (χ3v) is 5.19. The number of anilines is 1. The molecular weight excluding hydrogens is 320 g/mol. The molecule has 2 N–H and O–H groups in total. The minimum Gasteiger partial charge on any atom is -0.495 e. The van der Waals surface area contributed by atoms with Gasteiger partial charge in [0, 0.05) is 6.04 Å². The zero-order chi connectivity index (χ0) is 16.9. The molecule has 0 spiro atoms. The highest BCUT2D eigenvalue weighted by atomic mass is 32.2. The Balaban J connectivity index is 2.23. The highest BCUT2D eigenvalue weighted by Gasteiger charge is 2.24. The van der Waals surface area contributed by atoms with Gasteiger partial charge in [-0.1, -0.05) is 12.8 Å².